The Labute approximate surface area is 170 Å². The van der Waals surface area contributed by atoms with Gasteiger partial charge in [0, 0.05) is 23.0 Å². The number of halogens is 1. The summed E-state index contributed by atoms with van der Waals surface area (Å²) >= 11 is 1.49. The van der Waals surface area contributed by atoms with Crippen LogP contribution < -0.4 is 15.4 Å². The largest absolute Gasteiger partial charge is 0.349 e. The average Bonchev–Trinajstić information content (AvgIpc) is 3.16. The predicted octanol–water partition coefficient (Wildman–Crippen LogP) is 2.38. The molecule has 0 aliphatic carbocycles. The Morgan fingerprint density at radius 2 is 2.11 bits per heavy atom. The van der Waals surface area contributed by atoms with Crippen molar-refractivity contribution in [1.82, 2.24) is 15.4 Å². The molecule has 0 saturated carbocycles. The van der Waals surface area contributed by atoms with Crippen LogP contribution in [0.2, 0.25) is 0 Å². The van der Waals surface area contributed by atoms with Crippen molar-refractivity contribution in [1.29, 1.82) is 0 Å². The maximum Gasteiger partial charge on any atom is 0.251 e. The molecule has 0 spiro atoms. The van der Waals surface area contributed by atoms with Gasteiger partial charge in [-0.3, -0.25) is 4.79 Å². The van der Waals surface area contributed by atoms with E-state index in [-0.39, 0.29) is 35.8 Å². The van der Waals surface area contributed by atoms with Crippen LogP contribution in [0.1, 0.15) is 28.6 Å². The molecule has 1 aromatic carbocycles. The summed E-state index contributed by atoms with van der Waals surface area (Å²) in [5, 5.41) is 8.22. The molecule has 6 nitrogen and oxygen atoms in total. The Kier molecular flexibility index (Phi) is 7.81. The van der Waals surface area contributed by atoms with Crippen molar-refractivity contribution < 1.29 is 13.2 Å². The molecule has 1 aliphatic heterocycles. The van der Waals surface area contributed by atoms with Crippen LogP contribution >= 0.6 is 23.7 Å². The lowest BCUT2D eigenvalue weighted by atomic mass is 9.95. The summed E-state index contributed by atoms with van der Waals surface area (Å²) in [5.74, 6) is 0.103. The monoisotopic (exact) mass is 429 g/mol. The standard InChI is InChI=1S/C18H23N3O3S2.ClH/c1-13-11-19-8-7-17(13)21-18(22)14-4-2-6-16(10-14)26(23,24)20-12-15-5-3-9-25-15;/h2-6,9-10,13,17,19-20H,7-8,11-12H2,1H3,(H,21,22);1H. The highest BCUT2D eigenvalue weighted by atomic mass is 35.5. The van der Waals surface area contributed by atoms with Crippen molar-refractivity contribution in [2.45, 2.75) is 30.8 Å². The number of benzene rings is 1. The second-order valence-electron chi connectivity index (χ2n) is 6.48. The molecule has 9 heteroatoms. The van der Waals surface area contributed by atoms with Gasteiger partial charge in [-0.1, -0.05) is 19.1 Å². The van der Waals surface area contributed by atoms with Crippen molar-refractivity contribution in [3.63, 3.8) is 0 Å². The van der Waals surface area contributed by atoms with Crippen molar-refractivity contribution in [3.05, 3.63) is 52.2 Å². The zero-order valence-corrected chi connectivity index (χ0v) is 17.4. The first-order valence-corrected chi connectivity index (χ1v) is 11.0. The average molecular weight is 430 g/mol. The number of sulfonamides is 1. The number of hydrogen-bond donors (Lipinski definition) is 3. The summed E-state index contributed by atoms with van der Waals surface area (Å²) < 4.78 is 27.6. The SMILES string of the molecule is CC1CNCCC1NC(=O)c1cccc(S(=O)(=O)NCc2cccs2)c1.Cl. The highest BCUT2D eigenvalue weighted by molar-refractivity contribution is 7.89. The Bertz CT molecular complexity index is 856. The number of thiophene rings is 1. The summed E-state index contributed by atoms with van der Waals surface area (Å²) in [6, 6.07) is 10.0. The highest BCUT2D eigenvalue weighted by Gasteiger charge is 2.23. The molecule has 148 valence electrons. The fraction of sp³-hybridized carbons (Fsp3) is 0.389. The maximum atomic E-state index is 12.5. The van der Waals surface area contributed by atoms with E-state index in [2.05, 4.69) is 22.3 Å². The Morgan fingerprint density at radius 1 is 1.30 bits per heavy atom. The summed E-state index contributed by atoms with van der Waals surface area (Å²) in [5.41, 5.74) is 0.356. The van der Waals surface area contributed by atoms with Crippen LogP contribution in [-0.2, 0) is 16.6 Å². The summed E-state index contributed by atoms with van der Waals surface area (Å²) in [6.07, 6.45) is 0.868. The second-order valence-corrected chi connectivity index (χ2v) is 9.28. The van der Waals surface area contributed by atoms with E-state index in [4.69, 9.17) is 0 Å². The molecule has 1 aliphatic rings. The molecule has 2 heterocycles. The Balaban J connectivity index is 0.00000261. The topological polar surface area (TPSA) is 87.3 Å². The van der Waals surface area contributed by atoms with Crippen LogP contribution in [0, 0.1) is 5.92 Å². The molecule has 1 amide bonds. The van der Waals surface area contributed by atoms with Gasteiger partial charge in [-0.25, -0.2) is 13.1 Å². The van der Waals surface area contributed by atoms with Gasteiger partial charge in [-0.2, -0.15) is 0 Å². The van der Waals surface area contributed by atoms with Gasteiger partial charge in [0.15, 0.2) is 0 Å². The fourth-order valence-corrected chi connectivity index (χ4v) is 4.74. The van der Waals surface area contributed by atoms with Crippen LogP contribution in [0.5, 0.6) is 0 Å². The van der Waals surface area contributed by atoms with E-state index >= 15 is 0 Å². The van der Waals surface area contributed by atoms with Gasteiger partial charge in [-0.15, -0.1) is 23.7 Å². The number of hydrogen-bond acceptors (Lipinski definition) is 5. The Hall–Kier alpha value is -1.45. The lowest BCUT2D eigenvalue weighted by molar-refractivity contribution is 0.0914. The molecule has 2 aromatic rings. The minimum atomic E-state index is -3.67. The highest BCUT2D eigenvalue weighted by Crippen LogP contribution is 2.16. The molecule has 1 saturated heterocycles. The van der Waals surface area contributed by atoms with Crippen LogP contribution in [0.3, 0.4) is 0 Å². The maximum absolute atomic E-state index is 12.5. The minimum Gasteiger partial charge on any atom is -0.349 e. The zero-order chi connectivity index (χ0) is 18.6. The van der Waals surface area contributed by atoms with Gasteiger partial charge in [0.2, 0.25) is 10.0 Å². The van der Waals surface area contributed by atoms with Gasteiger partial charge in [0.05, 0.1) is 4.90 Å². The number of carbonyl (C=O) groups is 1. The van der Waals surface area contributed by atoms with E-state index in [1.165, 1.54) is 23.5 Å². The smallest absolute Gasteiger partial charge is 0.251 e. The predicted molar refractivity (Wildman–Crippen MR) is 110 cm³/mol. The first kappa shape index (κ1) is 21.8. The summed E-state index contributed by atoms with van der Waals surface area (Å²) in [4.78, 5) is 13.6. The van der Waals surface area contributed by atoms with Crippen LogP contribution in [0.15, 0.2) is 46.7 Å². The molecule has 1 fully saturated rings. The van der Waals surface area contributed by atoms with Crippen LogP contribution in [-0.4, -0.2) is 33.5 Å². The summed E-state index contributed by atoms with van der Waals surface area (Å²) in [6.45, 7) is 4.07. The first-order valence-electron chi connectivity index (χ1n) is 8.59. The van der Waals surface area contributed by atoms with E-state index in [0.29, 0.717) is 11.5 Å². The van der Waals surface area contributed by atoms with Gasteiger partial charge in [-0.05, 0) is 55.1 Å². The number of nitrogens with one attached hydrogen (secondary N) is 3. The first-order chi connectivity index (χ1) is 12.5. The van der Waals surface area contributed by atoms with Gasteiger partial charge in [0.1, 0.15) is 0 Å². The molecule has 2 unspecified atom stereocenters. The zero-order valence-electron chi connectivity index (χ0n) is 15.0. The third-order valence-corrected chi connectivity index (χ3v) is 6.80. The van der Waals surface area contributed by atoms with E-state index < -0.39 is 10.0 Å². The van der Waals surface area contributed by atoms with Crippen LogP contribution in [0.25, 0.3) is 0 Å². The summed E-state index contributed by atoms with van der Waals surface area (Å²) in [7, 11) is -3.67. The van der Waals surface area contributed by atoms with Crippen molar-refractivity contribution in [2.24, 2.45) is 5.92 Å². The third-order valence-electron chi connectivity index (χ3n) is 4.52. The second kappa shape index (κ2) is 9.66. The number of carbonyl (C=O) groups excluding carboxylic acids is 1. The molecule has 3 rings (SSSR count). The van der Waals surface area contributed by atoms with Gasteiger partial charge in [0.25, 0.3) is 5.91 Å². The number of piperidine rings is 1. The van der Waals surface area contributed by atoms with Crippen LogP contribution in [0.4, 0.5) is 0 Å². The number of amides is 1. The van der Waals surface area contributed by atoms with Crippen molar-refractivity contribution >= 4 is 39.7 Å². The molecule has 1 aromatic heterocycles. The van der Waals surface area contributed by atoms with E-state index in [1.807, 2.05) is 17.5 Å². The molecule has 27 heavy (non-hydrogen) atoms. The van der Waals surface area contributed by atoms with Gasteiger partial charge >= 0.3 is 0 Å². The van der Waals surface area contributed by atoms with E-state index in [1.54, 1.807) is 12.1 Å². The van der Waals surface area contributed by atoms with Crippen molar-refractivity contribution in [3.8, 4) is 0 Å². The normalized spacial score (nSPS) is 19.9. The number of rotatable bonds is 6. The van der Waals surface area contributed by atoms with E-state index in [9.17, 15) is 13.2 Å². The lowest BCUT2D eigenvalue weighted by Gasteiger charge is -2.30. The molecule has 0 radical (unpaired) electrons. The molecular weight excluding hydrogens is 406 g/mol. The third kappa shape index (κ3) is 5.76. The quantitative estimate of drug-likeness (QED) is 0.657. The van der Waals surface area contributed by atoms with Crippen molar-refractivity contribution in [2.75, 3.05) is 13.1 Å². The molecule has 3 N–H and O–H groups in total. The molecule has 2 atom stereocenters. The van der Waals surface area contributed by atoms with Gasteiger partial charge < -0.3 is 10.6 Å². The minimum absolute atomic E-state index is 0. The molecule has 0 bridgehead atoms. The Morgan fingerprint density at radius 3 is 2.81 bits per heavy atom. The van der Waals surface area contributed by atoms with E-state index in [0.717, 1.165) is 24.4 Å². The lowest BCUT2D eigenvalue weighted by Crippen LogP contribution is -2.48. The molecular formula is C18H24ClN3O3S2. The fourth-order valence-electron chi connectivity index (χ4n) is 2.95.